The summed E-state index contributed by atoms with van der Waals surface area (Å²) in [6, 6.07) is 11.2. The molecule has 0 spiro atoms. The number of nitrogens with one attached hydrogen (secondary N) is 2. The molecule has 0 radical (unpaired) electrons. The van der Waals surface area contributed by atoms with Crippen molar-refractivity contribution in [2.24, 2.45) is 0 Å². The third-order valence-corrected chi connectivity index (χ3v) is 2.45. The van der Waals surface area contributed by atoms with Gasteiger partial charge in [-0.1, -0.05) is 13.0 Å². The molecule has 0 fully saturated rings. The van der Waals surface area contributed by atoms with Gasteiger partial charge in [-0.3, -0.25) is 0 Å². The summed E-state index contributed by atoms with van der Waals surface area (Å²) in [6.07, 6.45) is 2.71. The van der Waals surface area contributed by atoms with Gasteiger partial charge in [0, 0.05) is 18.4 Å². The maximum Gasteiger partial charge on any atom is 0.224 e. The molecule has 96 valence electrons. The summed E-state index contributed by atoms with van der Waals surface area (Å²) in [5.41, 5.74) is 1.45. The molecule has 1 aromatic heterocycles. The predicted molar refractivity (Wildman–Crippen MR) is 75.3 cm³/mol. The first-order chi connectivity index (χ1) is 9.31. The molecule has 0 atom stereocenters. The second kappa shape index (κ2) is 6.36. The quantitative estimate of drug-likeness (QED) is 0.857. The first-order valence-corrected chi connectivity index (χ1v) is 6.16. The van der Waals surface area contributed by atoms with E-state index in [1.807, 2.05) is 12.1 Å². The lowest BCUT2D eigenvalue weighted by Gasteiger charge is -2.07. The van der Waals surface area contributed by atoms with Gasteiger partial charge in [-0.05, 0) is 30.7 Å². The largest absolute Gasteiger partial charge is 0.354 e. The topological polar surface area (TPSA) is 73.6 Å². The van der Waals surface area contributed by atoms with Crippen LogP contribution in [0.1, 0.15) is 18.9 Å². The average Bonchev–Trinajstić information content (AvgIpc) is 2.46. The molecule has 0 aliphatic heterocycles. The lowest BCUT2D eigenvalue weighted by Crippen LogP contribution is -2.05. The van der Waals surface area contributed by atoms with Crippen molar-refractivity contribution in [3.8, 4) is 6.07 Å². The van der Waals surface area contributed by atoms with Gasteiger partial charge in [0.25, 0.3) is 0 Å². The Morgan fingerprint density at radius 1 is 1.32 bits per heavy atom. The van der Waals surface area contributed by atoms with E-state index in [-0.39, 0.29) is 0 Å². The van der Waals surface area contributed by atoms with Crippen LogP contribution in [0, 0.1) is 11.3 Å². The van der Waals surface area contributed by atoms with Crippen molar-refractivity contribution in [2.45, 2.75) is 13.3 Å². The molecule has 0 unspecified atom stereocenters. The summed E-state index contributed by atoms with van der Waals surface area (Å²) in [4.78, 5) is 8.48. The highest BCUT2D eigenvalue weighted by atomic mass is 15.1. The Kier molecular flexibility index (Phi) is 4.29. The van der Waals surface area contributed by atoms with Crippen LogP contribution in [0.25, 0.3) is 0 Å². The molecule has 2 aromatic rings. The van der Waals surface area contributed by atoms with Crippen molar-refractivity contribution in [1.82, 2.24) is 9.97 Å². The molecule has 5 heteroatoms. The fourth-order valence-corrected chi connectivity index (χ4v) is 1.56. The van der Waals surface area contributed by atoms with Crippen molar-refractivity contribution < 1.29 is 0 Å². The average molecular weight is 253 g/mol. The van der Waals surface area contributed by atoms with Crippen molar-refractivity contribution in [1.29, 1.82) is 5.26 Å². The van der Waals surface area contributed by atoms with Crippen LogP contribution in [0.4, 0.5) is 17.5 Å². The molecular formula is C14H15N5. The number of rotatable bonds is 5. The minimum Gasteiger partial charge on any atom is -0.354 e. The minimum atomic E-state index is 0.600. The van der Waals surface area contributed by atoms with Gasteiger partial charge in [0.2, 0.25) is 5.95 Å². The summed E-state index contributed by atoms with van der Waals surface area (Å²) in [5.74, 6) is 1.30. The van der Waals surface area contributed by atoms with E-state index >= 15 is 0 Å². The molecule has 1 aromatic carbocycles. The van der Waals surface area contributed by atoms with Gasteiger partial charge in [0.1, 0.15) is 5.82 Å². The smallest absolute Gasteiger partial charge is 0.224 e. The first-order valence-electron chi connectivity index (χ1n) is 6.16. The molecule has 1 heterocycles. The van der Waals surface area contributed by atoms with Gasteiger partial charge in [0.05, 0.1) is 11.6 Å². The van der Waals surface area contributed by atoms with Crippen molar-refractivity contribution >= 4 is 17.5 Å². The van der Waals surface area contributed by atoms with Crippen molar-refractivity contribution in [3.63, 3.8) is 0 Å². The van der Waals surface area contributed by atoms with Crippen LogP contribution in [-0.2, 0) is 0 Å². The first kappa shape index (κ1) is 12.8. The van der Waals surface area contributed by atoms with E-state index in [0.717, 1.165) is 18.7 Å². The van der Waals surface area contributed by atoms with Gasteiger partial charge in [0.15, 0.2) is 0 Å². The number of benzene rings is 1. The van der Waals surface area contributed by atoms with E-state index in [1.165, 1.54) is 0 Å². The Labute approximate surface area is 112 Å². The van der Waals surface area contributed by atoms with Gasteiger partial charge < -0.3 is 10.6 Å². The van der Waals surface area contributed by atoms with E-state index in [9.17, 15) is 0 Å². The molecule has 2 rings (SSSR count). The summed E-state index contributed by atoms with van der Waals surface area (Å²) < 4.78 is 0. The Bertz CT molecular complexity index is 588. The summed E-state index contributed by atoms with van der Waals surface area (Å²) in [5, 5.41) is 15.1. The normalized spacial score (nSPS) is 9.68. The van der Waals surface area contributed by atoms with E-state index < -0.39 is 0 Å². The summed E-state index contributed by atoms with van der Waals surface area (Å²) in [6.45, 7) is 2.93. The number of aromatic nitrogens is 2. The second-order valence-corrected chi connectivity index (χ2v) is 4.01. The highest BCUT2D eigenvalue weighted by Gasteiger charge is 2.00. The molecule has 19 heavy (non-hydrogen) atoms. The van der Waals surface area contributed by atoms with E-state index in [2.05, 4.69) is 33.6 Å². The second-order valence-electron chi connectivity index (χ2n) is 4.01. The van der Waals surface area contributed by atoms with E-state index in [4.69, 9.17) is 5.26 Å². The van der Waals surface area contributed by atoms with E-state index in [0.29, 0.717) is 17.3 Å². The highest BCUT2D eigenvalue weighted by Crippen LogP contribution is 2.16. The van der Waals surface area contributed by atoms with Crippen LogP contribution in [-0.4, -0.2) is 16.5 Å². The fraction of sp³-hybridized carbons (Fsp3) is 0.214. The Morgan fingerprint density at radius 3 is 3.00 bits per heavy atom. The van der Waals surface area contributed by atoms with Crippen LogP contribution in [0.5, 0.6) is 0 Å². The zero-order valence-corrected chi connectivity index (χ0v) is 10.7. The third kappa shape index (κ3) is 3.68. The molecule has 0 aliphatic carbocycles. The fourth-order valence-electron chi connectivity index (χ4n) is 1.56. The Hall–Kier alpha value is -2.61. The van der Waals surface area contributed by atoms with Crippen LogP contribution in [0.2, 0.25) is 0 Å². The molecule has 0 aliphatic rings. The Balaban J connectivity index is 2.12. The molecule has 5 nitrogen and oxygen atoms in total. The lowest BCUT2D eigenvalue weighted by molar-refractivity contribution is 0.953. The standard InChI is InChI=1S/C14H15N5/c1-2-7-16-14-17-8-6-13(19-14)18-12-5-3-4-11(9-12)10-15/h3-6,8-9H,2,7H2,1H3,(H2,16,17,18,19). The molecular weight excluding hydrogens is 238 g/mol. The van der Waals surface area contributed by atoms with Crippen LogP contribution in [0.15, 0.2) is 36.5 Å². The Morgan fingerprint density at radius 2 is 2.21 bits per heavy atom. The SMILES string of the molecule is CCCNc1nccc(Nc2cccc(C#N)c2)n1. The molecule has 0 amide bonds. The number of nitrogens with zero attached hydrogens (tertiary/aromatic N) is 3. The summed E-state index contributed by atoms with van der Waals surface area (Å²) in [7, 11) is 0. The lowest BCUT2D eigenvalue weighted by atomic mass is 10.2. The molecule has 0 bridgehead atoms. The van der Waals surface area contributed by atoms with Crippen molar-refractivity contribution in [3.05, 3.63) is 42.1 Å². The van der Waals surface area contributed by atoms with Crippen LogP contribution in [0.3, 0.4) is 0 Å². The van der Waals surface area contributed by atoms with Gasteiger partial charge in [-0.15, -0.1) is 0 Å². The van der Waals surface area contributed by atoms with Gasteiger partial charge >= 0.3 is 0 Å². The zero-order valence-electron chi connectivity index (χ0n) is 10.7. The molecule has 2 N–H and O–H groups in total. The number of nitriles is 1. The van der Waals surface area contributed by atoms with Crippen LogP contribution < -0.4 is 10.6 Å². The van der Waals surface area contributed by atoms with Gasteiger partial charge in [-0.2, -0.15) is 10.2 Å². The monoisotopic (exact) mass is 253 g/mol. The van der Waals surface area contributed by atoms with E-state index in [1.54, 1.807) is 24.4 Å². The zero-order chi connectivity index (χ0) is 13.5. The minimum absolute atomic E-state index is 0.600. The predicted octanol–water partition coefficient (Wildman–Crippen LogP) is 2.91. The number of anilines is 3. The van der Waals surface area contributed by atoms with Gasteiger partial charge in [-0.25, -0.2) is 4.98 Å². The molecule has 0 saturated carbocycles. The highest BCUT2D eigenvalue weighted by molar-refractivity contribution is 5.59. The maximum atomic E-state index is 8.86. The summed E-state index contributed by atoms with van der Waals surface area (Å²) >= 11 is 0. The number of hydrogen-bond donors (Lipinski definition) is 2. The third-order valence-electron chi connectivity index (χ3n) is 2.45. The maximum absolute atomic E-state index is 8.86. The molecule has 0 saturated heterocycles. The van der Waals surface area contributed by atoms with Crippen LogP contribution >= 0.6 is 0 Å². The van der Waals surface area contributed by atoms with Crippen molar-refractivity contribution in [2.75, 3.05) is 17.2 Å². The number of hydrogen-bond acceptors (Lipinski definition) is 5.